The summed E-state index contributed by atoms with van der Waals surface area (Å²) in [7, 11) is 0. The average Bonchev–Trinajstić information content (AvgIpc) is 3.33. The summed E-state index contributed by atoms with van der Waals surface area (Å²) < 4.78 is 13.7. The highest BCUT2D eigenvalue weighted by Crippen LogP contribution is 2.33. The maximum atomic E-state index is 13.7. The standard InChI is InChI=1S/C27H26ClFN2O2S/c28-23-7-3-2-6-22(23)25-11-9-21(34-25)10-12-26(32)31-17-14-20(15-18-31)27(33)30-16-13-19-5-1-4-8-24(19)29/h1-12,20H,13-18H2,(H,30,33)/b12-10+. The molecule has 34 heavy (non-hydrogen) atoms. The molecule has 4 nitrogen and oxygen atoms in total. The predicted molar refractivity (Wildman–Crippen MR) is 136 cm³/mol. The van der Waals surface area contributed by atoms with E-state index in [1.54, 1.807) is 40.5 Å². The number of halogens is 2. The maximum absolute atomic E-state index is 13.7. The van der Waals surface area contributed by atoms with Gasteiger partial charge in [0, 0.05) is 52.0 Å². The van der Waals surface area contributed by atoms with Crippen LogP contribution in [0.2, 0.25) is 5.02 Å². The van der Waals surface area contributed by atoms with Gasteiger partial charge in [-0.15, -0.1) is 11.3 Å². The summed E-state index contributed by atoms with van der Waals surface area (Å²) in [5.74, 6) is -0.445. The topological polar surface area (TPSA) is 49.4 Å². The Bertz CT molecular complexity index is 1180. The largest absolute Gasteiger partial charge is 0.356 e. The van der Waals surface area contributed by atoms with Crippen LogP contribution in [0.1, 0.15) is 23.3 Å². The average molecular weight is 497 g/mol. The van der Waals surface area contributed by atoms with Gasteiger partial charge in [0.2, 0.25) is 11.8 Å². The van der Waals surface area contributed by atoms with Crippen LogP contribution in [0, 0.1) is 11.7 Å². The van der Waals surface area contributed by atoms with Crippen LogP contribution in [0.15, 0.2) is 66.7 Å². The van der Waals surface area contributed by atoms with Gasteiger partial charge in [-0.1, -0.05) is 48.0 Å². The van der Waals surface area contributed by atoms with E-state index in [0.29, 0.717) is 49.5 Å². The van der Waals surface area contributed by atoms with Crippen LogP contribution in [-0.2, 0) is 16.0 Å². The molecule has 0 bridgehead atoms. The number of amides is 2. The van der Waals surface area contributed by atoms with E-state index >= 15 is 0 Å². The number of carbonyl (C=O) groups is 2. The minimum Gasteiger partial charge on any atom is -0.356 e. The highest BCUT2D eigenvalue weighted by Gasteiger charge is 2.26. The third-order valence-corrected chi connectivity index (χ3v) is 7.40. The second-order valence-corrected chi connectivity index (χ2v) is 9.77. The molecule has 0 unspecified atom stereocenters. The quantitative estimate of drug-likeness (QED) is 0.419. The molecule has 0 aliphatic carbocycles. The number of rotatable bonds is 7. The number of nitrogens with one attached hydrogen (secondary N) is 1. The van der Waals surface area contributed by atoms with Gasteiger partial charge in [0.05, 0.1) is 0 Å². The van der Waals surface area contributed by atoms with Gasteiger partial charge in [0.15, 0.2) is 0 Å². The summed E-state index contributed by atoms with van der Waals surface area (Å²) in [6.45, 7) is 1.49. The minimum atomic E-state index is -0.251. The second kappa shape index (κ2) is 11.4. The van der Waals surface area contributed by atoms with Crippen molar-refractivity contribution in [1.29, 1.82) is 0 Å². The molecule has 2 heterocycles. The van der Waals surface area contributed by atoms with Crippen molar-refractivity contribution in [2.45, 2.75) is 19.3 Å². The molecule has 0 atom stereocenters. The number of piperidine rings is 1. The fourth-order valence-electron chi connectivity index (χ4n) is 4.03. The number of hydrogen-bond donors (Lipinski definition) is 1. The lowest BCUT2D eigenvalue weighted by molar-refractivity contribution is -0.132. The number of hydrogen-bond acceptors (Lipinski definition) is 3. The predicted octanol–water partition coefficient (Wildman–Crippen LogP) is 5.82. The molecule has 2 amide bonds. The maximum Gasteiger partial charge on any atom is 0.246 e. The zero-order chi connectivity index (χ0) is 23.9. The van der Waals surface area contributed by atoms with Crippen LogP contribution in [-0.4, -0.2) is 36.3 Å². The molecular weight excluding hydrogens is 471 g/mol. The van der Waals surface area contributed by atoms with E-state index in [1.807, 2.05) is 42.5 Å². The van der Waals surface area contributed by atoms with Crippen LogP contribution >= 0.6 is 22.9 Å². The van der Waals surface area contributed by atoms with Crippen molar-refractivity contribution in [3.63, 3.8) is 0 Å². The minimum absolute atomic E-state index is 0.0235. The first-order chi connectivity index (χ1) is 16.5. The van der Waals surface area contributed by atoms with Gasteiger partial charge in [-0.25, -0.2) is 4.39 Å². The fourth-order valence-corrected chi connectivity index (χ4v) is 5.28. The number of nitrogens with zero attached hydrogens (tertiary/aromatic N) is 1. The Hall–Kier alpha value is -2.96. The zero-order valence-corrected chi connectivity index (χ0v) is 20.2. The van der Waals surface area contributed by atoms with Crippen molar-refractivity contribution in [3.05, 3.63) is 88.0 Å². The Balaban J connectivity index is 1.23. The Morgan fingerprint density at radius 1 is 1.06 bits per heavy atom. The Kier molecular flexibility index (Phi) is 8.14. The lowest BCUT2D eigenvalue weighted by atomic mass is 9.95. The zero-order valence-electron chi connectivity index (χ0n) is 18.7. The van der Waals surface area contributed by atoms with Gasteiger partial charge >= 0.3 is 0 Å². The van der Waals surface area contributed by atoms with E-state index in [1.165, 1.54) is 6.07 Å². The number of thiophene rings is 1. The van der Waals surface area contributed by atoms with Crippen molar-refractivity contribution in [1.82, 2.24) is 10.2 Å². The molecule has 1 N–H and O–H groups in total. The third-order valence-electron chi connectivity index (χ3n) is 5.99. The Morgan fingerprint density at radius 3 is 2.56 bits per heavy atom. The summed E-state index contributed by atoms with van der Waals surface area (Å²) in [6.07, 6.45) is 5.13. The van der Waals surface area contributed by atoms with Crippen molar-refractivity contribution in [2.75, 3.05) is 19.6 Å². The van der Waals surface area contributed by atoms with Gasteiger partial charge in [-0.05, 0) is 55.2 Å². The van der Waals surface area contributed by atoms with Gasteiger partial charge < -0.3 is 10.2 Å². The monoisotopic (exact) mass is 496 g/mol. The van der Waals surface area contributed by atoms with Crippen LogP contribution in [0.5, 0.6) is 0 Å². The van der Waals surface area contributed by atoms with Crippen LogP contribution in [0.3, 0.4) is 0 Å². The van der Waals surface area contributed by atoms with E-state index in [2.05, 4.69) is 5.32 Å². The van der Waals surface area contributed by atoms with Gasteiger partial charge in [0.1, 0.15) is 5.82 Å². The summed E-state index contributed by atoms with van der Waals surface area (Å²) >= 11 is 7.86. The SMILES string of the molecule is O=C(NCCc1ccccc1F)C1CCN(C(=O)/C=C/c2ccc(-c3ccccc3Cl)s2)CC1. The molecule has 1 aliphatic heterocycles. The van der Waals surface area contributed by atoms with Gasteiger partial charge in [-0.2, -0.15) is 0 Å². The molecule has 1 aromatic heterocycles. The third kappa shape index (κ3) is 6.13. The highest BCUT2D eigenvalue weighted by atomic mass is 35.5. The molecule has 1 aliphatic rings. The Labute approximate surface area is 208 Å². The number of likely N-dealkylation sites (tertiary alicyclic amines) is 1. The van der Waals surface area contributed by atoms with E-state index < -0.39 is 0 Å². The first kappa shape index (κ1) is 24.2. The van der Waals surface area contributed by atoms with Crippen molar-refractivity contribution >= 4 is 40.8 Å². The molecule has 176 valence electrons. The smallest absolute Gasteiger partial charge is 0.246 e. The molecule has 3 aromatic rings. The summed E-state index contributed by atoms with van der Waals surface area (Å²) in [5.41, 5.74) is 1.58. The second-order valence-electron chi connectivity index (χ2n) is 8.25. The van der Waals surface area contributed by atoms with E-state index in [9.17, 15) is 14.0 Å². The lowest BCUT2D eigenvalue weighted by Gasteiger charge is -2.30. The molecule has 0 radical (unpaired) electrons. The highest BCUT2D eigenvalue weighted by molar-refractivity contribution is 7.16. The first-order valence-corrected chi connectivity index (χ1v) is 12.5. The lowest BCUT2D eigenvalue weighted by Crippen LogP contribution is -2.42. The molecule has 7 heteroatoms. The van der Waals surface area contributed by atoms with E-state index in [-0.39, 0.29) is 23.5 Å². The molecule has 1 saturated heterocycles. The van der Waals surface area contributed by atoms with Crippen molar-refractivity contribution in [2.24, 2.45) is 5.92 Å². The summed E-state index contributed by atoms with van der Waals surface area (Å²) in [6, 6.07) is 18.3. The number of carbonyl (C=O) groups excluding carboxylic acids is 2. The molecule has 2 aromatic carbocycles. The summed E-state index contributed by atoms with van der Waals surface area (Å²) in [4.78, 5) is 28.9. The number of benzene rings is 2. The van der Waals surface area contributed by atoms with Crippen molar-refractivity contribution in [3.8, 4) is 10.4 Å². The Morgan fingerprint density at radius 2 is 1.79 bits per heavy atom. The van der Waals surface area contributed by atoms with Crippen molar-refractivity contribution < 1.29 is 14.0 Å². The molecular formula is C27H26ClFN2O2S. The molecule has 1 fully saturated rings. The normalized spacial score (nSPS) is 14.5. The van der Waals surface area contributed by atoms with Crippen LogP contribution in [0.4, 0.5) is 4.39 Å². The molecule has 0 saturated carbocycles. The first-order valence-electron chi connectivity index (χ1n) is 11.3. The summed E-state index contributed by atoms with van der Waals surface area (Å²) in [5, 5.41) is 3.61. The van der Waals surface area contributed by atoms with Gasteiger partial charge in [-0.3, -0.25) is 9.59 Å². The van der Waals surface area contributed by atoms with Crippen LogP contribution < -0.4 is 5.32 Å². The van der Waals surface area contributed by atoms with Crippen LogP contribution in [0.25, 0.3) is 16.5 Å². The fraction of sp³-hybridized carbons (Fsp3) is 0.259. The molecule has 0 spiro atoms. The van der Waals surface area contributed by atoms with E-state index in [4.69, 9.17) is 11.6 Å². The van der Waals surface area contributed by atoms with Gasteiger partial charge in [0.25, 0.3) is 0 Å². The molecule has 4 rings (SSSR count). The van der Waals surface area contributed by atoms with E-state index in [0.717, 1.165) is 15.3 Å².